The molecule has 2 unspecified atom stereocenters. The van der Waals surface area contributed by atoms with Gasteiger partial charge in [0, 0.05) is 12.1 Å². The van der Waals surface area contributed by atoms with Crippen molar-refractivity contribution in [1.82, 2.24) is 4.98 Å². The SMILES string of the molecule is CC1=C(c2ccc(F)nc2)C(c2ccc(S(N)(=O)=O)cc2)C(C)C1. The Labute approximate surface area is 141 Å². The maximum atomic E-state index is 13.1. The number of rotatable bonds is 3. The Bertz CT molecular complexity index is 888. The number of benzene rings is 1. The van der Waals surface area contributed by atoms with E-state index in [0.717, 1.165) is 23.1 Å². The van der Waals surface area contributed by atoms with E-state index in [0.29, 0.717) is 5.92 Å². The van der Waals surface area contributed by atoms with Crippen LogP contribution in [-0.2, 0) is 10.0 Å². The molecule has 1 heterocycles. The number of hydrogen-bond acceptors (Lipinski definition) is 3. The molecule has 0 fully saturated rings. The van der Waals surface area contributed by atoms with Gasteiger partial charge in [0.25, 0.3) is 0 Å². The molecule has 4 nitrogen and oxygen atoms in total. The Balaban J connectivity index is 2.03. The molecule has 1 aromatic heterocycles. The van der Waals surface area contributed by atoms with E-state index in [1.807, 2.05) is 0 Å². The third-order valence-electron chi connectivity index (χ3n) is 4.57. The fraction of sp³-hybridized carbons (Fsp3) is 0.278. The lowest BCUT2D eigenvalue weighted by atomic mass is 9.83. The molecule has 1 aromatic carbocycles. The molecule has 0 saturated heterocycles. The lowest BCUT2D eigenvalue weighted by molar-refractivity contribution is 0.563. The summed E-state index contributed by atoms with van der Waals surface area (Å²) < 4.78 is 36.0. The summed E-state index contributed by atoms with van der Waals surface area (Å²) in [5.74, 6) is -0.0192. The van der Waals surface area contributed by atoms with E-state index >= 15 is 0 Å². The maximum absolute atomic E-state index is 13.1. The van der Waals surface area contributed by atoms with Gasteiger partial charge in [-0.1, -0.05) is 24.6 Å². The highest BCUT2D eigenvalue weighted by atomic mass is 32.2. The van der Waals surface area contributed by atoms with Crippen molar-refractivity contribution in [2.75, 3.05) is 0 Å². The third-order valence-corrected chi connectivity index (χ3v) is 5.50. The van der Waals surface area contributed by atoms with Crippen molar-refractivity contribution in [1.29, 1.82) is 0 Å². The number of aromatic nitrogens is 1. The van der Waals surface area contributed by atoms with E-state index < -0.39 is 16.0 Å². The van der Waals surface area contributed by atoms with Crippen LogP contribution >= 0.6 is 0 Å². The van der Waals surface area contributed by atoms with Crippen molar-refractivity contribution in [2.45, 2.75) is 31.1 Å². The average molecular weight is 346 g/mol. The van der Waals surface area contributed by atoms with Gasteiger partial charge in [0.2, 0.25) is 16.0 Å². The van der Waals surface area contributed by atoms with E-state index in [1.54, 1.807) is 24.4 Å². The minimum Gasteiger partial charge on any atom is -0.228 e. The molecule has 0 saturated carbocycles. The topological polar surface area (TPSA) is 73.0 Å². The highest BCUT2D eigenvalue weighted by Gasteiger charge is 2.32. The number of hydrogen-bond donors (Lipinski definition) is 1. The smallest absolute Gasteiger partial charge is 0.228 e. The molecular formula is C18H19FN2O2S. The normalized spacial score (nSPS) is 21.3. The number of halogens is 1. The predicted octanol–water partition coefficient (Wildman–Crippen LogP) is 3.47. The fourth-order valence-corrected chi connectivity index (χ4v) is 4.10. The number of allylic oxidation sites excluding steroid dienone is 2. The first kappa shape index (κ1) is 16.8. The van der Waals surface area contributed by atoms with Crippen molar-refractivity contribution in [3.05, 3.63) is 65.2 Å². The molecule has 6 heteroatoms. The monoisotopic (exact) mass is 346 g/mol. The minimum absolute atomic E-state index is 0.0996. The van der Waals surface area contributed by atoms with Crippen molar-refractivity contribution < 1.29 is 12.8 Å². The molecule has 24 heavy (non-hydrogen) atoms. The van der Waals surface area contributed by atoms with E-state index in [2.05, 4.69) is 18.8 Å². The first-order chi connectivity index (χ1) is 11.3. The lowest BCUT2D eigenvalue weighted by Gasteiger charge is -2.21. The van der Waals surface area contributed by atoms with Crippen LogP contribution in [0.15, 0.2) is 53.1 Å². The molecular weight excluding hydrogens is 327 g/mol. The van der Waals surface area contributed by atoms with Crippen LogP contribution in [0.4, 0.5) is 4.39 Å². The van der Waals surface area contributed by atoms with Crippen molar-refractivity contribution in [3.8, 4) is 0 Å². The molecule has 0 radical (unpaired) electrons. The first-order valence-corrected chi connectivity index (χ1v) is 9.26. The van der Waals surface area contributed by atoms with Crippen LogP contribution in [0.2, 0.25) is 0 Å². The predicted molar refractivity (Wildman–Crippen MR) is 91.1 cm³/mol. The second-order valence-corrected chi connectivity index (χ2v) is 7.90. The van der Waals surface area contributed by atoms with Crippen molar-refractivity contribution >= 4 is 15.6 Å². The zero-order chi connectivity index (χ0) is 17.5. The molecule has 2 aromatic rings. The van der Waals surface area contributed by atoms with E-state index in [1.165, 1.54) is 23.8 Å². The lowest BCUT2D eigenvalue weighted by Crippen LogP contribution is -2.12. The molecule has 2 N–H and O–H groups in total. The highest BCUT2D eigenvalue weighted by molar-refractivity contribution is 7.89. The molecule has 3 rings (SSSR count). The summed E-state index contributed by atoms with van der Waals surface area (Å²) >= 11 is 0. The third kappa shape index (κ3) is 3.12. The van der Waals surface area contributed by atoms with Gasteiger partial charge in [0.1, 0.15) is 0 Å². The quantitative estimate of drug-likeness (QED) is 0.865. The highest BCUT2D eigenvalue weighted by Crippen LogP contribution is 2.48. The van der Waals surface area contributed by atoms with Crippen molar-refractivity contribution in [3.63, 3.8) is 0 Å². The molecule has 0 amide bonds. The van der Waals surface area contributed by atoms with Crippen LogP contribution in [0.25, 0.3) is 5.57 Å². The number of pyridine rings is 1. The average Bonchev–Trinajstić information content (AvgIpc) is 2.82. The standard InChI is InChI=1S/C18H19FN2O2S/c1-11-9-12(2)18(14-5-8-16(19)21-10-14)17(11)13-3-6-15(7-4-13)24(20,22)23/h3-8,10-11,17H,9H2,1-2H3,(H2,20,22,23). The molecule has 1 aliphatic carbocycles. The Kier molecular flexibility index (Phi) is 4.27. The van der Waals surface area contributed by atoms with Crippen LogP contribution < -0.4 is 5.14 Å². The van der Waals surface area contributed by atoms with Crippen LogP contribution in [0.1, 0.15) is 37.3 Å². The Morgan fingerprint density at radius 1 is 1.17 bits per heavy atom. The van der Waals surface area contributed by atoms with Crippen molar-refractivity contribution in [2.24, 2.45) is 11.1 Å². The van der Waals surface area contributed by atoms with Crippen LogP contribution in [0, 0.1) is 11.9 Å². The van der Waals surface area contributed by atoms with Gasteiger partial charge in [-0.2, -0.15) is 4.39 Å². The van der Waals surface area contributed by atoms with Gasteiger partial charge >= 0.3 is 0 Å². The van der Waals surface area contributed by atoms with Gasteiger partial charge in [-0.05, 0) is 60.2 Å². The number of sulfonamides is 1. The molecule has 0 spiro atoms. The minimum atomic E-state index is -3.70. The van der Waals surface area contributed by atoms with Crippen LogP contribution in [-0.4, -0.2) is 13.4 Å². The number of nitrogens with zero attached hydrogens (tertiary/aromatic N) is 1. The Hall–Kier alpha value is -2.05. The maximum Gasteiger partial charge on any atom is 0.238 e. The summed E-state index contributed by atoms with van der Waals surface area (Å²) in [6.07, 6.45) is 2.49. The molecule has 1 aliphatic rings. The second kappa shape index (κ2) is 6.11. The largest absolute Gasteiger partial charge is 0.238 e. The first-order valence-electron chi connectivity index (χ1n) is 7.71. The second-order valence-electron chi connectivity index (χ2n) is 6.34. The van der Waals surface area contributed by atoms with Gasteiger partial charge in [-0.25, -0.2) is 18.5 Å². The fourth-order valence-electron chi connectivity index (χ4n) is 3.58. The number of nitrogens with two attached hydrogens (primary N) is 1. The van der Waals surface area contributed by atoms with E-state index in [-0.39, 0.29) is 10.8 Å². The van der Waals surface area contributed by atoms with Gasteiger partial charge in [0.15, 0.2) is 0 Å². The van der Waals surface area contributed by atoms with Gasteiger partial charge in [-0.15, -0.1) is 0 Å². The molecule has 126 valence electrons. The summed E-state index contributed by atoms with van der Waals surface area (Å²) in [5, 5.41) is 5.16. The summed E-state index contributed by atoms with van der Waals surface area (Å²) in [4.78, 5) is 3.86. The van der Waals surface area contributed by atoms with Gasteiger partial charge in [-0.3, -0.25) is 0 Å². The molecule has 0 aliphatic heterocycles. The zero-order valence-electron chi connectivity index (χ0n) is 13.5. The summed E-state index contributed by atoms with van der Waals surface area (Å²) in [7, 11) is -3.70. The van der Waals surface area contributed by atoms with Crippen LogP contribution in [0.3, 0.4) is 0 Å². The Morgan fingerprint density at radius 2 is 1.83 bits per heavy atom. The Morgan fingerprint density at radius 3 is 2.38 bits per heavy atom. The van der Waals surface area contributed by atoms with Gasteiger partial charge < -0.3 is 0 Å². The zero-order valence-corrected chi connectivity index (χ0v) is 14.3. The number of primary sulfonamides is 1. The van der Waals surface area contributed by atoms with Crippen LogP contribution in [0.5, 0.6) is 0 Å². The molecule has 2 atom stereocenters. The summed E-state index contributed by atoms with van der Waals surface area (Å²) in [6, 6.07) is 9.77. The van der Waals surface area contributed by atoms with E-state index in [9.17, 15) is 12.8 Å². The van der Waals surface area contributed by atoms with Gasteiger partial charge in [0.05, 0.1) is 4.90 Å². The summed E-state index contributed by atoms with van der Waals surface area (Å²) in [5.41, 5.74) is 4.31. The van der Waals surface area contributed by atoms with E-state index in [4.69, 9.17) is 5.14 Å². The molecule has 0 bridgehead atoms. The summed E-state index contributed by atoms with van der Waals surface area (Å²) in [6.45, 7) is 4.24.